The van der Waals surface area contributed by atoms with Crippen molar-refractivity contribution in [2.75, 3.05) is 20.6 Å². The van der Waals surface area contributed by atoms with Crippen LogP contribution in [0.2, 0.25) is 0 Å². The van der Waals surface area contributed by atoms with Crippen LogP contribution in [0.5, 0.6) is 0 Å². The Bertz CT molecular complexity index is 1010. The number of hydrogen-bond donors (Lipinski definition) is 2. The van der Waals surface area contributed by atoms with Crippen molar-refractivity contribution in [3.63, 3.8) is 0 Å². The number of fused-ring (bicyclic) bond motifs is 1. The lowest BCUT2D eigenvalue weighted by Gasteiger charge is -2.25. The number of carbonyl (C=O) groups excluding carboxylic acids is 1. The highest BCUT2D eigenvalue weighted by Gasteiger charge is 2.15. The number of aromatic nitrogens is 1. The van der Waals surface area contributed by atoms with Crippen molar-refractivity contribution in [1.82, 2.24) is 15.2 Å². The summed E-state index contributed by atoms with van der Waals surface area (Å²) in [7, 11) is 4.00. The summed E-state index contributed by atoms with van der Waals surface area (Å²) in [6, 6.07) is 18.1. The highest BCUT2D eigenvalue weighted by molar-refractivity contribution is 5.80. The van der Waals surface area contributed by atoms with Crippen molar-refractivity contribution >= 4 is 16.8 Å². The number of aryl methyl sites for hydroxylation is 2. The van der Waals surface area contributed by atoms with Gasteiger partial charge in [0.1, 0.15) is 0 Å². The summed E-state index contributed by atoms with van der Waals surface area (Å²) in [4.78, 5) is 29.7. The molecule has 0 fully saturated rings. The third-order valence-corrected chi connectivity index (χ3v) is 5.00. The molecule has 0 aliphatic carbocycles. The van der Waals surface area contributed by atoms with Gasteiger partial charge in [0.2, 0.25) is 5.91 Å². The van der Waals surface area contributed by atoms with Gasteiger partial charge < -0.3 is 15.2 Å². The number of H-pyrrole nitrogens is 1. The smallest absolute Gasteiger partial charge is 0.251 e. The summed E-state index contributed by atoms with van der Waals surface area (Å²) in [6.07, 6.45) is 0.707. The second kappa shape index (κ2) is 8.85. The Hall–Kier alpha value is -2.92. The van der Waals surface area contributed by atoms with Crippen LogP contribution in [0.25, 0.3) is 10.9 Å². The Kier molecular flexibility index (Phi) is 6.26. The topological polar surface area (TPSA) is 65.2 Å². The van der Waals surface area contributed by atoms with E-state index >= 15 is 0 Å². The first kappa shape index (κ1) is 19.8. The van der Waals surface area contributed by atoms with Crippen LogP contribution in [0.4, 0.5) is 0 Å². The quantitative estimate of drug-likeness (QED) is 0.665. The van der Waals surface area contributed by atoms with E-state index in [4.69, 9.17) is 0 Å². The van der Waals surface area contributed by atoms with Crippen LogP contribution in [0.15, 0.2) is 59.4 Å². The maximum Gasteiger partial charge on any atom is 0.251 e. The van der Waals surface area contributed by atoms with Crippen molar-refractivity contribution in [3.05, 3.63) is 81.6 Å². The average molecular weight is 377 g/mol. The van der Waals surface area contributed by atoms with E-state index in [1.54, 1.807) is 0 Å². The highest BCUT2D eigenvalue weighted by Crippen LogP contribution is 2.17. The molecule has 0 radical (unpaired) electrons. The molecule has 0 aliphatic rings. The summed E-state index contributed by atoms with van der Waals surface area (Å²) in [5.41, 5.74) is 3.60. The summed E-state index contributed by atoms with van der Waals surface area (Å²) < 4.78 is 0. The molecule has 1 amide bonds. The van der Waals surface area contributed by atoms with Gasteiger partial charge in [0.25, 0.3) is 5.56 Å². The number of likely N-dealkylation sites (N-methyl/N-ethyl adjacent to an activating group) is 1. The van der Waals surface area contributed by atoms with Crippen molar-refractivity contribution < 1.29 is 4.79 Å². The summed E-state index contributed by atoms with van der Waals surface area (Å²) in [6.45, 7) is 2.52. The van der Waals surface area contributed by atoms with Crippen molar-refractivity contribution in [2.45, 2.75) is 25.8 Å². The molecule has 0 aliphatic heterocycles. The number of carbonyl (C=O) groups is 1. The van der Waals surface area contributed by atoms with Crippen LogP contribution >= 0.6 is 0 Å². The molecule has 2 N–H and O–H groups in total. The van der Waals surface area contributed by atoms with Crippen LogP contribution < -0.4 is 10.9 Å². The second-order valence-corrected chi connectivity index (χ2v) is 7.41. The van der Waals surface area contributed by atoms with E-state index in [0.29, 0.717) is 18.5 Å². The van der Waals surface area contributed by atoms with Gasteiger partial charge in [0, 0.05) is 24.0 Å². The summed E-state index contributed by atoms with van der Waals surface area (Å²) >= 11 is 0. The Morgan fingerprint density at radius 1 is 1.11 bits per heavy atom. The van der Waals surface area contributed by atoms with E-state index in [1.165, 1.54) is 0 Å². The minimum atomic E-state index is -0.124. The Balaban J connectivity index is 1.61. The molecule has 3 rings (SSSR count). The van der Waals surface area contributed by atoms with Crippen molar-refractivity contribution in [2.24, 2.45) is 0 Å². The summed E-state index contributed by atoms with van der Waals surface area (Å²) in [5.74, 6) is -0.0498. The zero-order chi connectivity index (χ0) is 20.1. The molecule has 2 aromatic carbocycles. The third kappa shape index (κ3) is 4.87. The number of benzene rings is 2. The molecule has 146 valence electrons. The molecule has 1 heterocycles. The minimum Gasteiger partial charge on any atom is -0.354 e. The van der Waals surface area contributed by atoms with Gasteiger partial charge in [-0.2, -0.15) is 0 Å². The molecule has 1 unspecified atom stereocenters. The first-order valence-corrected chi connectivity index (χ1v) is 9.54. The van der Waals surface area contributed by atoms with Gasteiger partial charge in [-0.05, 0) is 56.1 Å². The molecule has 0 spiro atoms. The standard InChI is InChI=1S/C23H27N3O2/c1-16-9-10-18-14-19(23(28)25-20(18)13-16)11-12-22(27)24-15-21(26(2)3)17-7-5-4-6-8-17/h4-10,13-14,21H,11-12,15H2,1-3H3,(H,24,27)(H,25,28). The lowest BCUT2D eigenvalue weighted by molar-refractivity contribution is -0.121. The van der Waals surface area contributed by atoms with E-state index in [1.807, 2.05) is 63.5 Å². The van der Waals surface area contributed by atoms with Crippen LogP contribution in [0, 0.1) is 6.92 Å². The van der Waals surface area contributed by atoms with E-state index < -0.39 is 0 Å². The molecule has 28 heavy (non-hydrogen) atoms. The predicted octanol–water partition coefficient (Wildman–Crippen LogP) is 3.19. The number of nitrogens with zero attached hydrogens (tertiary/aromatic N) is 1. The van der Waals surface area contributed by atoms with E-state index in [9.17, 15) is 9.59 Å². The van der Waals surface area contributed by atoms with Crippen molar-refractivity contribution in [1.29, 1.82) is 0 Å². The molecule has 0 saturated carbocycles. The molecule has 1 atom stereocenters. The Morgan fingerprint density at radius 3 is 2.57 bits per heavy atom. The lowest BCUT2D eigenvalue weighted by atomic mass is 10.1. The van der Waals surface area contributed by atoms with Crippen LogP contribution in [-0.4, -0.2) is 36.4 Å². The molecular formula is C23H27N3O2. The zero-order valence-electron chi connectivity index (χ0n) is 16.7. The minimum absolute atomic E-state index is 0.0498. The maximum absolute atomic E-state index is 12.4. The molecule has 3 aromatic rings. The first-order valence-electron chi connectivity index (χ1n) is 9.54. The fourth-order valence-electron chi connectivity index (χ4n) is 3.37. The van der Waals surface area contributed by atoms with E-state index in [0.717, 1.165) is 22.0 Å². The molecule has 5 heteroatoms. The predicted molar refractivity (Wildman–Crippen MR) is 114 cm³/mol. The normalized spacial score (nSPS) is 12.3. The van der Waals surface area contributed by atoms with Gasteiger partial charge in [0.15, 0.2) is 0 Å². The van der Waals surface area contributed by atoms with Gasteiger partial charge >= 0.3 is 0 Å². The highest BCUT2D eigenvalue weighted by atomic mass is 16.1. The number of aromatic amines is 1. The molecule has 1 aromatic heterocycles. The van der Waals surface area contributed by atoms with E-state index in [2.05, 4.69) is 27.3 Å². The second-order valence-electron chi connectivity index (χ2n) is 7.41. The Morgan fingerprint density at radius 2 is 1.86 bits per heavy atom. The number of hydrogen-bond acceptors (Lipinski definition) is 3. The molecule has 0 saturated heterocycles. The van der Waals surface area contributed by atoms with E-state index in [-0.39, 0.29) is 23.9 Å². The molecule has 0 bridgehead atoms. The number of pyridine rings is 1. The fraction of sp³-hybridized carbons (Fsp3) is 0.304. The number of nitrogens with one attached hydrogen (secondary N) is 2. The largest absolute Gasteiger partial charge is 0.354 e. The van der Waals surface area contributed by atoms with Gasteiger partial charge in [0.05, 0.1) is 6.04 Å². The fourth-order valence-corrected chi connectivity index (χ4v) is 3.37. The number of rotatable bonds is 7. The van der Waals surface area contributed by atoms with Gasteiger partial charge in [-0.25, -0.2) is 0 Å². The SMILES string of the molecule is Cc1ccc2cc(CCC(=O)NCC(c3ccccc3)N(C)C)c(=O)[nH]c2c1. The van der Waals surface area contributed by atoms with Crippen LogP contribution in [-0.2, 0) is 11.2 Å². The van der Waals surface area contributed by atoms with Crippen LogP contribution in [0.1, 0.15) is 29.2 Å². The number of amides is 1. The lowest BCUT2D eigenvalue weighted by Crippen LogP contribution is -2.34. The van der Waals surface area contributed by atoms with Gasteiger partial charge in [-0.15, -0.1) is 0 Å². The molecule has 5 nitrogen and oxygen atoms in total. The monoisotopic (exact) mass is 377 g/mol. The van der Waals surface area contributed by atoms with Crippen LogP contribution in [0.3, 0.4) is 0 Å². The zero-order valence-corrected chi connectivity index (χ0v) is 16.7. The first-order chi connectivity index (χ1) is 13.4. The van der Waals surface area contributed by atoms with Crippen molar-refractivity contribution in [3.8, 4) is 0 Å². The molecular weight excluding hydrogens is 350 g/mol. The third-order valence-electron chi connectivity index (χ3n) is 5.00. The maximum atomic E-state index is 12.4. The summed E-state index contributed by atoms with van der Waals surface area (Å²) in [5, 5.41) is 3.99. The van der Waals surface area contributed by atoms with Gasteiger partial charge in [-0.3, -0.25) is 9.59 Å². The van der Waals surface area contributed by atoms with Gasteiger partial charge in [-0.1, -0.05) is 42.5 Å². The average Bonchev–Trinajstić information content (AvgIpc) is 2.67. The Labute approximate surface area is 165 Å².